The number of nitrogens with one attached hydrogen (secondary N) is 1. The third kappa shape index (κ3) is 3.82. The number of aryl methyl sites for hydroxylation is 1. The van der Waals surface area contributed by atoms with Crippen molar-refractivity contribution in [1.29, 1.82) is 0 Å². The number of hydrogen-bond donors (Lipinski definition) is 1. The van der Waals surface area contributed by atoms with Crippen molar-refractivity contribution in [3.05, 3.63) is 84.9 Å². The standard InChI is InChI=1S/C17H12ClN5O4/c1-10-2-7-14-20-15(18)13(17(25)22(14)9-10)8-19-21-16(24)11-3-5-12(6-4-11)23(26)27/h2-9H,1H3,(H,21,24)/b19-8+. The molecule has 0 unspecified atom stereocenters. The molecule has 0 bridgehead atoms. The van der Waals surface area contributed by atoms with Gasteiger partial charge < -0.3 is 0 Å². The van der Waals surface area contributed by atoms with Crippen LogP contribution in [-0.2, 0) is 0 Å². The summed E-state index contributed by atoms with van der Waals surface area (Å²) in [4.78, 5) is 38.7. The molecule has 136 valence electrons. The van der Waals surface area contributed by atoms with Crippen LogP contribution in [0.4, 0.5) is 5.69 Å². The maximum Gasteiger partial charge on any atom is 0.271 e. The fraction of sp³-hybridized carbons (Fsp3) is 0.0588. The van der Waals surface area contributed by atoms with Gasteiger partial charge >= 0.3 is 0 Å². The molecule has 0 saturated carbocycles. The van der Waals surface area contributed by atoms with E-state index in [4.69, 9.17) is 11.6 Å². The molecule has 1 N–H and O–H groups in total. The van der Waals surface area contributed by atoms with Crippen LogP contribution in [0.1, 0.15) is 21.5 Å². The van der Waals surface area contributed by atoms with Gasteiger partial charge in [0.1, 0.15) is 10.8 Å². The monoisotopic (exact) mass is 385 g/mol. The van der Waals surface area contributed by atoms with E-state index >= 15 is 0 Å². The van der Waals surface area contributed by atoms with Gasteiger partial charge in [-0.25, -0.2) is 10.4 Å². The molecule has 10 heteroatoms. The molecule has 2 heterocycles. The fourth-order valence-electron chi connectivity index (χ4n) is 2.29. The molecule has 3 aromatic rings. The van der Waals surface area contributed by atoms with Crippen molar-refractivity contribution in [3.63, 3.8) is 0 Å². The Morgan fingerprint density at radius 3 is 2.67 bits per heavy atom. The number of fused-ring (bicyclic) bond motifs is 1. The molecule has 0 aliphatic heterocycles. The molecule has 1 amide bonds. The van der Waals surface area contributed by atoms with Gasteiger partial charge in [0.15, 0.2) is 0 Å². The lowest BCUT2D eigenvalue weighted by Crippen LogP contribution is -2.22. The molecular formula is C17H12ClN5O4. The van der Waals surface area contributed by atoms with E-state index in [2.05, 4.69) is 15.5 Å². The van der Waals surface area contributed by atoms with Crippen LogP contribution in [0.5, 0.6) is 0 Å². The number of halogens is 1. The number of aromatic nitrogens is 2. The summed E-state index contributed by atoms with van der Waals surface area (Å²) in [5.74, 6) is -0.595. The lowest BCUT2D eigenvalue weighted by molar-refractivity contribution is -0.384. The first-order valence-corrected chi connectivity index (χ1v) is 8.01. The average molecular weight is 386 g/mol. The maximum absolute atomic E-state index is 12.5. The summed E-state index contributed by atoms with van der Waals surface area (Å²) in [5.41, 5.74) is 3.12. The summed E-state index contributed by atoms with van der Waals surface area (Å²) < 4.78 is 1.33. The van der Waals surface area contributed by atoms with Crippen molar-refractivity contribution in [2.24, 2.45) is 5.10 Å². The Bertz CT molecular complexity index is 1140. The lowest BCUT2D eigenvalue weighted by Gasteiger charge is -2.04. The van der Waals surface area contributed by atoms with E-state index in [0.717, 1.165) is 11.8 Å². The van der Waals surface area contributed by atoms with Crippen LogP contribution < -0.4 is 11.0 Å². The van der Waals surface area contributed by atoms with Gasteiger partial charge in [-0.2, -0.15) is 5.10 Å². The quantitative estimate of drug-likeness (QED) is 0.320. The minimum absolute atomic E-state index is 0.0174. The number of pyridine rings is 1. The van der Waals surface area contributed by atoms with E-state index in [1.165, 1.54) is 28.7 Å². The van der Waals surface area contributed by atoms with Gasteiger partial charge in [0.05, 0.1) is 16.7 Å². The summed E-state index contributed by atoms with van der Waals surface area (Å²) in [6, 6.07) is 8.47. The predicted molar refractivity (Wildman–Crippen MR) is 99.4 cm³/mol. The van der Waals surface area contributed by atoms with Gasteiger partial charge in [-0.15, -0.1) is 0 Å². The van der Waals surface area contributed by atoms with E-state index in [1.807, 2.05) is 6.92 Å². The number of carbonyl (C=O) groups is 1. The molecule has 0 fully saturated rings. The number of benzene rings is 1. The highest BCUT2D eigenvalue weighted by molar-refractivity contribution is 6.32. The second-order valence-electron chi connectivity index (χ2n) is 5.56. The third-order valence-corrected chi connectivity index (χ3v) is 3.95. The number of nitro benzene ring substituents is 1. The van der Waals surface area contributed by atoms with Crippen LogP contribution in [0.3, 0.4) is 0 Å². The van der Waals surface area contributed by atoms with Crippen LogP contribution >= 0.6 is 11.6 Å². The number of hydrazone groups is 1. The predicted octanol–water partition coefficient (Wildman–Crippen LogP) is 2.33. The number of nitrogens with zero attached hydrogens (tertiary/aromatic N) is 4. The molecule has 9 nitrogen and oxygen atoms in total. The first kappa shape index (κ1) is 18.2. The van der Waals surface area contributed by atoms with E-state index in [0.29, 0.717) is 5.65 Å². The topological polar surface area (TPSA) is 119 Å². The van der Waals surface area contributed by atoms with Crippen molar-refractivity contribution in [1.82, 2.24) is 14.8 Å². The molecule has 3 rings (SSSR count). The van der Waals surface area contributed by atoms with Crippen molar-refractivity contribution >= 4 is 35.1 Å². The Kier molecular flexibility index (Phi) is 4.95. The van der Waals surface area contributed by atoms with Gasteiger partial charge in [0, 0.05) is 23.9 Å². The Hall–Kier alpha value is -3.59. The Labute approximate surface area is 157 Å². The van der Waals surface area contributed by atoms with Crippen LogP contribution in [0.2, 0.25) is 5.15 Å². The molecular weight excluding hydrogens is 374 g/mol. The summed E-state index contributed by atoms with van der Waals surface area (Å²) in [7, 11) is 0. The second kappa shape index (κ2) is 7.34. The molecule has 1 aromatic carbocycles. The molecule has 0 radical (unpaired) electrons. The normalized spacial score (nSPS) is 11.0. The number of carbonyl (C=O) groups excluding carboxylic acids is 1. The fourth-order valence-corrected chi connectivity index (χ4v) is 2.51. The highest BCUT2D eigenvalue weighted by Crippen LogP contribution is 2.12. The van der Waals surface area contributed by atoms with Crippen LogP contribution in [0.25, 0.3) is 5.65 Å². The molecule has 0 atom stereocenters. The van der Waals surface area contributed by atoms with Crippen LogP contribution in [-0.4, -0.2) is 26.4 Å². The molecule has 0 spiro atoms. The van der Waals surface area contributed by atoms with E-state index in [9.17, 15) is 19.7 Å². The maximum atomic E-state index is 12.5. The molecule has 0 saturated heterocycles. The zero-order chi connectivity index (χ0) is 19.6. The lowest BCUT2D eigenvalue weighted by atomic mass is 10.2. The SMILES string of the molecule is Cc1ccc2nc(Cl)c(/C=N/NC(=O)c3ccc([N+](=O)[O-])cc3)c(=O)n2c1. The first-order chi connectivity index (χ1) is 12.9. The smallest absolute Gasteiger partial charge is 0.268 e. The Balaban J connectivity index is 1.82. The number of non-ortho nitro benzene ring substituents is 1. The van der Waals surface area contributed by atoms with Gasteiger partial charge in [-0.3, -0.25) is 24.1 Å². The number of hydrogen-bond acceptors (Lipinski definition) is 6. The van der Waals surface area contributed by atoms with Crippen LogP contribution in [0.15, 0.2) is 52.5 Å². The van der Waals surface area contributed by atoms with Gasteiger partial charge in [-0.05, 0) is 30.7 Å². The minimum Gasteiger partial charge on any atom is -0.268 e. The van der Waals surface area contributed by atoms with Crippen molar-refractivity contribution < 1.29 is 9.72 Å². The molecule has 0 aliphatic rings. The summed E-state index contributed by atoms with van der Waals surface area (Å²) in [6.45, 7) is 1.83. The highest BCUT2D eigenvalue weighted by Gasteiger charge is 2.11. The first-order valence-electron chi connectivity index (χ1n) is 7.63. The number of rotatable bonds is 4. The third-order valence-electron chi connectivity index (χ3n) is 3.66. The van der Waals surface area contributed by atoms with Gasteiger partial charge in [0.25, 0.3) is 17.2 Å². The Morgan fingerprint density at radius 2 is 2.00 bits per heavy atom. The summed E-state index contributed by atoms with van der Waals surface area (Å²) in [5, 5.41) is 14.3. The van der Waals surface area contributed by atoms with Gasteiger partial charge in [0.2, 0.25) is 0 Å². The highest BCUT2D eigenvalue weighted by atomic mass is 35.5. The van der Waals surface area contributed by atoms with E-state index in [-0.39, 0.29) is 22.0 Å². The average Bonchev–Trinajstić information content (AvgIpc) is 2.65. The van der Waals surface area contributed by atoms with Crippen LogP contribution in [0, 0.1) is 17.0 Å². The largest absolute Gasteiger partial charge is 0.271 e. The second-order valence-corrected chi connectivity index (χ2v) is 5.92. The van der Waals surface area contributed by atoms with Gasteiger partial charge in [-0.1, -0.05) is 17.7 Å². The number of nitro groups is 1. The van der Waals surface area contributed by atoms with E-state index in [1.54, 1.807) is 18.3 Å². The molecule has 2 aromatic heterocycles. The van der Waals surface area contributed by atoms with Crippen molar-refractivity contribution in [2.75, 3.05) is 0 Å². The summed E-state index contributed by atoms with van der Waals surface area (Å²) >= 11 is 6.04. The molecule has 0 aliphatic carbocycles. The Morgan fingerprint density at radius 1 is 1.30 bits per heavy atom. The summed E-state index contributed by atoms with van der Waals surface area (Å²) in [6.07, 6.45) is 2.73. The minimum atomic E-state index is -0.595. The van der Waals surface area contributed by atoms with E-state index < -0.39 is 16.4 Å². The molecule has 27 heavy (non-hydrogen) atoms. The zero-order valence-corrected chi connectivity index (χ0v) is 14.7. The zero-order valence-electron chi connectivity index (χ0n) is 13.9. The number of amides is 1. The van der Waals surface area contributed by atoms with Crippen molar-refractivity contribution in [3.8, 4) is 0 Å². The van der Waals surface area contributed by atoms with Crippen molar-refractivity contribution in [2.45, 2.75) is 6.92 Å².